The van der Waals surface area contributed by atoms with Gasteiger partial charge in [-0.15, -0.1) is 0 Å². The largest absolute Gasteiger partial charge is 0.493 e. The molecule has 0 aliphatic heterocycles. The van der Waals surface area contributed by atoms with E-state index in [4.69, 9.17) is 43.1 Å². The number of nitrogens with two attached hydrogens (primary N) is 1. The van der Waals surface area contributed by atoms with Gasteiger partial charge in [0.25, 0.3) is 0 Å². The Bertz CT molecular complexity index is 767. The van der Waals surface area contributed by atoms with Crippen LogP contribution >= 0.6 is 23.2 Å². The van der Waals surface area contributed by atoms with Crippen molar-refractivity contribution in [2.24, 2.45) is 5.73 Å². The van der Waals surface area contributed by atoms with Gasteiger partial charge in [-0.1, -0.05) is 41.4 Å². The summed E-state index contributed by atoms with van der Waals surface area (Å²) in [6, 6.07) is 9.93. The van der Waals surface area contributed by atoms with Crippen LogP contribution < -0.4 is 15.2 Å². The Morgan fingerprint density at radius 3 is 2.62 bits per heavy atom. The van der Waals surface area contributed by atoms with E-state index in [9.17, 15) is 4.79 Å². The highest BCUT2D eigenvalue weighted by atomic mass is 35.5. The lowest BCUT2D eigenvalue weighted by Gasteiger charge is -2.17. The maximum atomic E-state index is 11.8. The van der Waals surface area contributed by atoms with E-state index in [2.05, 4.69) is 0 Å². The lowest BCUT2D eigenvalue weighted by molar-refractivity contribution is -0.144. The summed E-state index contributed by atoms with van der Waals surface area (Å²) >= 11 is 12.0. The minimum Gasteiger partial charge on any atom is -0.493 e. The van der Waals surface area contributed by atoms with Crippen LogP contribution in [0.15, 0.2) is 36.4 Å². The van der Waals surface area contributed by atoms with Gasteiger partial charge in [-0.3, -0.25) is 4.79 Å². The second-order valence-corrected chi connectivity index (χ2v) is 6.36. The molecule has 26 heavy (non-hydrogen) atoms. The molecule has 1 unspecified atom stereocenters. The van der Waals surface area contributed by atoms with Crippen molar-refractivity contribution in [2.75, 3.05) is 13.7 Å². The van der Waals surface area contributed by atoms with E-state index >= 15 is 0 Å². The maximum Gasteiger partial charge on any atom is 0.323 e. The fourth-order valence-electron chi connectivity index (χ4n) is 2.40. The van der Waals surface area contributed by atoms with Crippen LogP contribution in [0.4, 0.5) is 0 Å². The van der Waals surface area contributed by atoms with Crippen molar-refractivity contribution >= 4 is 29.2 Å². The maximum absolute atomic E-state index is 11.8. The van der Waals surface area contributed by atoms with Crippen molar-refractivity contribution in [3.8, 4) is 11.5 Å². The van der Waals surface area contributed by atoms with Crippen molar-refractivity contribution in [3.63, 3.8) is 0 Å². The Labute approximate surface area is 162 Å². The van der Waals surface area contributed by atoms with Crippen molar-refractivity contribution in [1.29, 1.82) is 0 Å². The van der Waals surface area contributed by atoms with Crippen LogP contribution in [0.25, 0.3) is 0 Å². The highest BCUT2D eigenvalue weighted by Crippen LogP contribution is 2.33. The molecule has 0 radical (unpaired) electrons. The Morgan fingerprint density at radius 1 is 1.19 bits per heavy atom. The van der Waals surface area contributed by atoms with Gasteiger partial charge in [-0.05, 0) is 30.7 Å². The average molecular weight is 398 g/mol. The topological polar surface area (TPSA) is 70.8 Å². The number of esters is 1. The predicted molar refractivity (Wildman–Crippen MR) is 102 cm³/mol. The van der Waals surface area contributed by atoms with Gasteiger partial charge in [-0.25, -0.2) is 0 Å². The number of carbonyl (C=O) groups is 1. The average Bonchev–Trinajstić information content (AvgIpc) is 2.63. The predicted octanol–water partition coefficient (Wildman–Crippen LogP) is 4.01. The van der Waals surface area contributed by atoms with Crippen LogP contribution in [-0.2, 0) is 22.6 Å². The molecule has 0 spiro atoms. The van der Waals surface area contributed by atoms with Crippen LogP contribution in [0.3, 0.4) is 0 Å². The number of halogens is 2. The van der Waals surface area contributed by atoms with E-state index in [-0.39, 0.29) is 19.6 Å². The van der Waals surface area contributed by atoms with Crippen LogP contribution in [0, 0.1) is 0 Å². The van der Waals surface area contributed by atoms with Crippen molar-refractivity contribution < 1.29 is 19.0 Å². The molecule has 0 aromatic heterocycles. The van der Waals surface area contributed by atoms with Gasteiger partial charge in [0, 0.05) is 12.0 Å². The van der Waals surface area contributed by atoms with Gasteiger partial charge in [0.05, 0.1) is 23.8 Å². The first-order valence-corrected chi connectivity index (χ1v) is 8.86. The van der Waals surface area contributed by atoms with Crippen LogP contribution in [0.5, 0.6) is 11.5 Å². The molecule has 7 heteroatoms. The summed E-state index contributed by atoms with van der Waals surface area (Å²) in [7, 11) is 1.55. The molecular weight excluding hydrogens is 377 g/mol. The van der Waals surface area contributed by atoms with Crippen molar-refractivity contribution in [1.82, 2.24) is 0 Å². The normalized spacial score (nSPS) is 11.7. The first-order chi connectivity index (χ1) is 12.5. The molecule has 2 N–H and O–H groups in total. The minimum atomic E-state index is -0.783. The highest BCUT2D eigenvalue weighted by molar-refractivity contribution is 6.42. The molecule has 5 nitrogen and oxygen atoms in total. The summed E-state index contributed by atoms with van der Waals surface area (Å²) in [4.78, 5) is 11.8. The summed E-state index contributed by atoms with van der Waals surface area (Å²) in [5.41, 5.74) is 7.54. The third-order valence-corrected chi connectivity index (χ3v) is 4.42. The smallest absolute Gasteiger partial charge is 0.323 e. The van der Waals surface area contributed by atoms with Crippen molar-refractivity contribution in [2.45, 2.75) is 26.0 Å². The molecule has 0 aliphatic rings. The van der Waals surface area contributed by atoms with Gasteiger partial charge in [0.2, 0.25) is 0 Å². The standard InChI is InChI=1S/C19H21Cl2NO4/c1-3-25-19(23)16(22)10-13-5-4-6-17(24-2)18(13)26-11-12-7-8-14(20)15(21)9-12/h4-9,16H,3,10-11,22H2,1-2H3. The molecule has 0 heterocycles. The third-order valence-electron chi connectivity index (χ3n) is 3.68. The monoisotopic (exact) mass is 397 g/mol. The number of hydrogen-bond acceptors (Lipinski definition) is 5. The zero-order valence-corrected chi connectivity index (χ0v) is 16.1. The number of para-hydroxylation sites is 1. The Kier molecular flexibility index (Phi) is 7.57. The molecule has 2 aromatic rings. The Morgan fingerprint density at radius 2 is 1.96 bits per heavy atom. The van der Waals surface area contributed by atoms with Gasteiger partial charge in [0.1, 0.15) is 12.6 Å². The number of ether oxygens (including phenoxy) is 3. The Hall–Kier alpha value is -1.95. The highest BCUT2D eigenvalue weighted by Gasteiger charge is 2.19. The van der Waals surface area contributed by atoms with E-state index in [1.807, 2.05) is 18.2 Å². The lowest BCUT2D eigenvalue weighted by Crippen LogP contribution is -2.34. The third kappa shape index (κ3) is 5.27. The molecule has 0 saturated heterocycles. The zero-order valence-electron chi connectivity index (χ0n) is 14.6. The molecule has 0 aliphatic carbocycles. The van der Waals surface area contributed by atoms with E-state index in [0.29, 0.717) is 21.5 Å². The number of rotatable bonds is 8. The van der Waals surface area contributed by atoms with Gasteiger partial charge >= 0.3 is 5.97 Å². The molecule has 2 aromatic carbocycles. The minimum absolute atomic E-state index is 0.263. The molecule has 140 valence electrons. The van der Waals surface area contributed by atoms with Crippen LogP contribution in [0.1, 0.15) is 18.1 Å². The molecule has 0 fully saturated rings. The first kappa shape index (κ1) is 20.4. The molecule has 0 amide bonds. The van der Waals surface area contributed by atoms with Gasteiger partial charge in [-0.2, -0.15) is 0 Å². The SMILES string of the molecule is CCOC(=O)C(N)Cc1cccc(OC)c1OCc1ccc(Cl)c(Cl)c1. The number of benzene rings is 2. The molecular formula is C19H21Cl2NO4. The second kappa shape index (κ2) is 9.67. The van der Waals surface area contributed by atoms with Gasteiger partial charge < -0.3 is 19.9 Å². The van der Waals surface area contributed by atoms with Crippen molar-refractivity contribution in [3.05, 3.63) is 57.6 Å². The summed E-state index contributed by atoms with van der Waals surface area (Å²) in [6.45, 7) is 2.28. The van der Waals surface area contributed by atoms with Gasteiger partial charge in [0.15, 0.2) is 11.5 Å². The van der Waals surface area contributed by atoms with E-state index in [1.54, 1.807) is 32.2 Å². The summed E-state index contributed by atoms with van der Waals surface area (Å²) < 4.78 is 16.3. The quantitative estimate of drug-likeness (QED) is 0.681. The van der Waals surface area contributed by atoms with Crippen LogP contribution in [0.2, 0.25) is 10.0 Å². The van der Waals surface area contributed by atoms with E-state index in [1.165, 1.54) is 0 Å². The fraction of sp³-hybridized carbons (Fsp3) is 0.316. The number of hydrogen-bond donors (Lipinski definition) is 1. The summed E-state index contributed by atoms with van der Waals surface area (Å²) in [6.07, 6.45) is 0.271. The Balaban J connectivity index is 2.19. The van der Waals surface area contributed by atoms with E-state index < -0.39 is 12.0 Å². The summed E-state index contributed by atoms with van der Waals surface area (Å²) in [5.74, 6) is 0.630. The van der Waals surface area contributed by atoms with Crippen LogP contribution in [-0.4, -0.2) is 25.7 Å². The van der Waals surface area contributed by atoms with E-state index in [0.717, 1.165) is 11.1 Å². The molecule has 0 bridgehead atoms. The number of methoxy groups -OCH3 is 1. The molecule has 1 atom stereocenters. The summed E-state index contributed by atoms with van der Waals surface area (Å²) in [5, 5.41) is 0.936. The number of carbonyl (C=O) groups excluding carboxylic acids is 1. The fourth-order valence-corrected chi connectivity index (χ4v) is 2.72. The first-order valence-electron chi connectivity index (χ1n) is 8.11. The zero-order chi connectivity index (χ0) is 19.1. The second-order valence-electron chi connectivity index (χ2n) is 5.55. The molecule has 2 rings (SSSR count). The molecule has 0 saturated carbocycles. The lowest BCUT2D eigenvalue weighted by atomic mass is 10.0.